The number of rotatable bonds is 4. The van der Waals surface area contributed by atoms with E-state index in [2.05, 4.69) is 12.2 Å². The zero-order valence-corrected chi connectivity index (χ0v) is 12.3. The average Bonchev–Trinajstić information content (AvgIpc) is 2.28. The van der Waals surface area contributed by atoms with E-state index in [0.29, 0.717) is 4.99 Å². The molecule has 5 heteroatoms. The zero-order valence-electron chi connectivity index (χ0n) is 11.5. The second-order valence-corrected chi connectivity index (χ2v) is 5.82. The van der Waals surface area contributed by atoms with Crippen LogP contribution in [0.25, 0.3) is 0 Å². The second-order valence-electron chi connectivity index (χ2n) is 5.38. The summed E-state index contributed by atoms with van der Waals surface area (Å²) in [7, 11) is 0. The van der Waals surface area contributed by atoms with Gasteiger partial charge in [0.25, 0.3) is 0 Å². The Hall–Kier alpha value is -0.840. The molecule has 1 fully saturated rings. The molecule has 0 unspecified atom stereocenters. The van der Waals surface area contributed by atoms with Crippen LogP contribution in [0.2, 0.25) is 0 Å². The van der Waals surface area contributed by atoms with Crippen LogP contribution in [0.1, 0.15) is 52.9 Å². The van der Waals surface area contributed by atoms with Crippen molar-refractivity contribution in [1.82, 2.24) is 5.32 Å². The minimum Gasteiger partial charge on any atom is -0.447 e. The molecule has 1 amide bonds. The molecule has 18 heavy (non-hydrogen) atoms. The number of thiocarbonyl (C=S) groups is 1. The van der Waals surface area contributed by atoms with E-state index in [-0.39, 0.29) is 6.10 Å². The van der Waals surface area contributed by atoms with E-state index in [0.717, 1.165) is 31.6 Å². The summed E-state index contributed by atoms with van der Waals surface area (Å²) < 4.78 is 5.12. The molecule has 0 radical (unpaired) electrons. The highest BCUT2D eigenvalue weighted by molar-refractivity contribution is 7.80. The Morgan fingerprint density at radius 2 is 2.06 bits per heavy atom. The van der Waals surface area contributed by atoms with Gasteiger partial charge >= 0.3 is 6.09 Å². The van der Waals surface area contributed by atoms with Crippen molar-refractivity contribution in [2.75, 3.05) is 0 Å². The number of amides is 1. The van der Waals surface area contributed by atoms with Crippen LogP contribution in [-0.2, 0) is 4.74 Å². The molecule has 3 N–H and O–H groups in total. The molecular weight excluding hydrogens is 248 g/mol. The summed E-state index contributed by atoms with van der Waals surface area (Å²) in [6.45, 7) is 5.83. The molecular formula is C13H24N2O2S. The first-order valence-corrected chi connectivity index (χ1v) is 7.09. The molecule has 0 saturated heterocycles. The number of carbonyl (C=O) groups excluding carboxylic acids is 1. The number of hydrogen-bond acceptors (Lipinski definition) is 3. The monoisotopic (exact) mass is 272 g/mol. The highest BCUT2D eigenvalue weighted by Gasteiger charge is 2.39. The van der Waals surface area contributed by atoms with Gasteiger partial charge in [-0.2, -0.15) is 0 Å². The summed E-state index contributed by atoms with van der Waals surface area (Å²) in [5.74, 6) is 0.718. The molecule has 1 aliphatic carbocycles. The first-order valence-electron chi connectivity index (χ1n) is 6.68. The second kappa shape index (κ2) is 6.36. The van der Waals surface area contributed by atoms with Crippen LogP contribution in [0.15, 0.2) is 0 Å². The lowest BCUT2D eigenvalue weighted by molar-refractivity contribution is 0.103. The van der Waals surface area contributed by atoms with Crippen molar-refractivity contribution in [3.8, 4) is 0 Å². The third-order valence-electron chi connectivity index (χ3n) is 3.69. The minimum absolute atomic E-state index is 0.139. The Morgan fingerprint density at radius 3 is 2.44 bits per heavy atom. The van der Waals surface area contributed by atoms with Crippen molar-refractivity contribution < 1.29 is 9.53 Å². The first-order chi connectivity index (χ1) is 8.39. The van der Waals surface area contributed by atoms with Gasteiger partial charge in [0.2, 0.25) is 0 Å². The van der Waals surface area contributed by atoms with Crippen LogP contribution in [0.3, 0.4) is 0 Å². The predicted molar refractivity (Wildman–Crippen MR) is 76.5 cm³/mol. The summed E-state index contributed by atoms with van der Waals surface area (Å²) in [4.78, 5) is 12.1. The summed E-state index contributed by atoms with van der Waals surface area (Å²) in [5.41, 5.74) is 5.28. The van der Waals surface area contributed by atoms with E-state index in [4.69, 9.17) is 22.7 Å². The molecule has 1 aliphatic rings. The fraction of sp³-hybridized carbons (Fsp3) is 0.846. The maximum Gasteiger partial charge on any atom is 0.408 e. The van der Waals surface area contributed by atoms with Gasteiger partial charge in [0.05, 0.1) is 16.6 Å². The lowest BCUT2D eigenvalue weighted by Crippen LogP contribution is -2.58. The average molecular weight is 272 g/mol. The molecule has 4 nitrogen and oxygen atoms in total. The van der Waals surface area contributed by atoms with Crippen LogP contribution >= 0.6 is 12.2 Å². The number of alkyl carbamates (subject to hydrolysis) is 1. The van der Waals surface area contributed by atoms with Gasteiger partial charge < -0.3 is 15.8 Å². The van der Waals surface area contributed by atoms with E-state index < -0.39 is 11.6 Å². The number of carbonyl (C=O) groups is 1. The lowest BCUT2D eigenvalue weighted by Gasteiger charge is -2.39. The lowest BCUT2D eigenvalue weighted by atomic mass is 9.75. The van der Waals surface area contributed by atoms with Crippen LogP contribution in [0, 0.1) is 5.92 Å². The van der Waals surface area contributed by atoms with Crippen LogP contribution in [0.4, 0.5) is 4.79 Å². The molecule has 0 aromatic heterocycles. The molecule has 0 bridgehead atoms. The minimum atomic E-state index is -0.549. The topological polar surface area (TPSA) is 64.3 Å². The molecule has 1 saturated carbocycles. The quantitative estimate of drug-likeness (QED) is 0.772. The third-order valence-corrected chi connectivity index (χ3v) is 4.08. The molecule has 104 valence electrons. The summed E-state index contributed by atoms with van der Waals surface area (Å²) in [6, 6.07) is 0. The normalized spacial score (nSPS) is 27.9. The van der Waals surface area contributed by atoms with Gasteiger partial charge in [-0.3, -0.25) is 0 Å². The summed E-state index contributed by atoms with van der Waals surface area (Å²) in [6.07, 6.45) is 4.34. The molecule has 0 aliphatic heterocycles. The Labute approximate surface area is 115 Å². The van der Waals surface area contributed by atoms with Crippen LogP contribution in [-0.4, -0.2) is 22.7 Å². The van der Waals surface area contributed by atoms with Gasteiger partial charge in [-0.05, 0) is 45.4 Å². The Kier molecular flexibility index (Phi) is 5.38. The maximum atomic E-state index is 11.7. The molecule has 0 atom stereocenters. The Bertz CT molecular complexity index is 310. The van der Waals surface area contributed by atoms with E-state index in [9.17, 15) is 4.79 Å². The van der Waals surface area contributed by atoms with E-state index in [1.54, 1.807) is 0 Å². The van der Waals surface area contributed by atoms with Crippen LogP contribution in [0.5, 0.6) is 0 Å². The van der Waals surface area contributed by atoms with Gasteiger partial charge in [-0.25, -0.2) is 4.79 Å². The molecule has 0 heterocycles. The van der Waals surface area contributed by atoms with E-state index >= 15 is 0 Å². The van der Waals surface area contributed by atoms with Gasteiger partial charge in [-0.1, -0.05) is 25.6 Å². The first kappa shape index (κ1) is 15.2. The fourth-order valence-electron chi connectivity index (χ4n) is 2.45. The standard InChI is InChI=1S/C13H24N2O2S/c1-4-10-5-7-13(8-6-10,11(14)18)15-12(16)17-9(2)3/h9-10H,4-8H2,1-3H3,(H2,14,18)(H,15,16). The SMILES string of the molecule is CCC1CCC(NC(=O)OC(C)C)(C(N)=S)CC1. The summed E-state index contributed by atoms with van der Waals surface area (Å²) >= 11 is 5.14. The molecule has 0 aromatic carbocycles. The van der Waals surface area contributed by atoms with Crippen molar-refractivity contribution >= 4 is 23.3 Å². The molecule has 0 spiro atoms. The molecule has 1 rings (SSSR count). The van der Waals surface area contributed by atoms with Gasteiger partial charge in [0.1, 0.15) is 0 Å². The van der Waals surface area contributed by atoms with Gasteiger partial charge in [-0.15, -0.1) is 0 Å². The van der Waals surface area contributed by atoms with E-state index in [1.165, 1.54) is 6.42 Å². The summed E-state index contributed by atoms with van der Waals surface area (Å²) in [5, 5.41) is 2.88. The maximum absolute atomic E-state index is 11.7. The smallest absolute Gasteiger partial charge is 0.408 e. The van der Waals surface area contributed by atoms with Crippen molar-refractivity contribution in [3.05, 3.63) is 0 Å². The molecule has 0 aromatic rings. The van der Waals surface area contributed by atoms with Crippen LogP contribution < -0.4 is 11.1 Å². The van der Waals surface area contributed by atoms with E-state index in [1.807, 2.05) is 13.8 Å². The third kappa shape index (κ3) is 3.83. The van der Waals surface area contributed by atoms with Gasteiger partial charge in [0, 0.05) is 0 Å². The van der Waals surface area contributed by atoms with Gasteiger partial charge in [0.15, 0.2) is 0 Å². The zero-order chi connectivity index (χ0) is 13.8. The number of nitrogens with two attached hydrogens (primary N) is 1. The highest BCUT2D eigenvalue weighted by atomic mass is 32.1. The highest BCUT2D eigenvalue weighted by Crippen LogP contribution is 2.34. The largest absolute Gasteiger partial charge is 0.447 e. The van der Waals surface area contributed by atoms with Crippen molar-refractivity contribution in [1.29, 1.82) is 0 Å². The van der Waals surface area contributed by atoms with Crippen molar-refractivity contribution in [3.63, 3.8) is 0 Å². The number of ether oxygens (including phenoxy) is 1. The number of nitrogens with one attached hydrogen (secondary N) is 1. The Morgan fingerprint density at radius 1 is 1.50 bits per heavy atom. The van der Waals surface area contributed by atoms with Crippen molar-refractivity contribution in [2.45, 2.75) is 64.5 Å². The van der Waals surface area contributed by atoms with Crippen molar-refractivity contribution in [2.24, 2.45) is 11.7 Å². The Balaban J connectivity index is 2.65. The fourth-order valence-corrected chi connectivity index (χ4v) is 2.71. The predicted octanol–water partition coefficient (Wildman–Crippen LogP) is 2.75. The number of hydrogen-bond donors (Lipinski definition) is 2.